The van der Waals surface area contributed by atoms with E-state index in [-0.39, 0.29) is 5.91 Å². The second-order valence-electron chi connectivity index (χ2n) is 5.00. The van der Waals surface area contributed by atoms with Crippen LogP contribution in [-0.2, 0) is 0 Å². The molecule has 18 heavy (non-hydrogen) atoms. The van der Waals surface area contributed by atoms with Gasteiger partial charge >= 0.3 is 0 Å². The van der Waals surface area contributed by atoms with Gasteiger partial charge in [0.1, 0.15) is 0 Å². The number of carbonyl (C=O) groups is 1. The zero-order valence-corrected chi connectivity index (χ0v) is 12.2. The smallest absolute Gasteiger partial charge is 0.253 e. The van der Waals surface area contributed by atoms with Crippen LogP contribution in [0.5, 0.6) is 0 Å². The van der Waals surface area contributed by atoms with Crippen molar-refractivity contribution in [1.29, 1.82) is 0 Å². The van der Waals surface area contributed by atoms with E-state index in [1.807, 2.05) is 36.2 Å². The first-order valence-electron chi connectivity index (χ1n) is 6.36. The Balaban J connectivity index is 2.04. The highest BCUT2D eigenvalue weighted by atomic mass is 79.9. The van der Waals surface area contributed by atoms with Crippen molar-refractivity contribution in [3.8, 4) is 0 Å². The molecule has 0 radical (unpaired) electrons. The van der Waals surface area contributed by atoms with Gasteiger partial charge in [0.25, 0.3) is 5.91 Å². The molecule has 0 heterocycles. The molecule has 2 rings (SSSR count). The Kier molecular flexibility index (Phi) is 4.40. The van der Waals surface area contributed by atoms with Crippen molar-refractivity contribution in [2.75, 3.05) is 7.05 Å². The third kappa shape index (κ3) is 3.12. The van der Waals surface area contributed by atoms with Gasteiger partial charge in [-0.2, -0.15) is 0 Å². The molecule has 0 spiro atoms. The first-order chi connectivity index (χ1) is 8.58. The SMILES string of the molecule is CN(C(=O)c1cccc(Br)c1)C1CCC(N)CC1. The maximum absolute atomic E-state index is 12.4. The van der Waals surface area contributed by atoms with Crippen molar-refractivity contribution < 1.29 is 4.79 Å². The van der Waals surface area contributed by atoms with Gasteiger partial charge < -0.3 is 10.6 Å². The lowest BCUT2D eigenvalue weighted by Crippen LogP contribution is -2.41. The predicted octanol–water partition coefficient (Wildman–Crippen LogP) is 2.79. The van der Waals surface area contributed by atoms with Gasteiger partial charge in [0.15, 0.2) is 0 Å². The van der Waals surface area contributed by atoms with E-state index in [4.69, 9.17) is 5.73 Å². The molecule has 2 N–H and O–H groups in total. The molecule has 1 aromatic carbocycles. The number of rotatable bonds is 2. The van der Waals surface area contributed by atoms with E-state index in [2.05, 4.69) is 15.9 Å². The van der Waals surface area contributed by atoms with Gasteiger partial charge in [-0.05, 0) is 43.9 Å². The number of hydrogen-bond donors (Lipinski definition) is 1. The topological polar surface area (TPSA) is 46.3 Å². The van der Waals surface area contributed by atoms with Gasteiger partial charge in [0.05, 0.1) is 0 Å². The molecule has 0 atom stereocenters. The fraction of sp³-hybridized carbons (Fsp3) is 0.500. The summed E-state index contributed by atoms with van der Waals surface area (Å²) in [5.74, 6) is 0.0942. The van der Waals surface area contributed by atoms with E-state index >= 15 is 0 Å². The zero-order chi connectivity index (χ0) is 13.1. The Morgan fingerprint density at radius 3 is 2.61 bits per heavy atom. The van der Waals surface area contributed by atoms with Crippen LogP contribution in [0, 0.1) is 0 Å². The molecule has 1 amide bonds. The van der Waals surface area contributed by atoms with Crippen molar-refractivity contribution in [2.45, 2.75) is 37.8 Å². The van der Waals surface area contributed by atoms with Gasteiger partial charge in [-0.25, -0.2) is 0 Å². The molecule has 1 aromatic rings. The number of carbonyl (C=O) groups excluding carboxylic acids is 1. The maximum Gasteiger partial charge on any atom is 0.253 e. The normalized spacial score (nSPS) is 23.7. The zero-order valence-electron chi connectivity index (χ0n) is 10.6. The van der Waals surface area contributed by atoms with Gasteiger partial charge in [0.2, 0.25) is 0 Å². The summed E-state index contributed by atoms with van der Waals surface area (Å²) in [6.45, 7) is 0. The summed E-state index contributed by atoms with van der Waals surface area (Å²) >= 11 is 3.40. The Bertz CT molecular complexity index is 428. The number of benzene rings is 1. The average Bonchev–Trinajstić information content (AvgIpc) is 2.38. The molecule has 0 saturated heterocycles. The minimum atomic E-state index is 0.0942. The van der Waals surface area contributed by atoms with E-state index in [9.17, 15) is 4.79 Å². The highest BCUT2D eigenvalue weighted by molar-refractivity contribution is 9.10. The monoisotopic (exact) mass is 310 g/mol. The van der Waals surface area contributed by atoms with E-state index in [1.165, 1.54) is 0 Å². The fourth-order valence-corrected chi connectivity index (χ4v) is 2.88. The lowest BCUT2D eigenvalue weighted by molar-refractivity contribution is 0.0690. The molecule has 1 fully saturated rings. The van der Waals surface area contributed by atoms with E-state index < -0.39 is 0 Å². The minimum absolute atomic E-state index is 0.0942. The molecule has 0 unspecified atom stereocenters. The largest absolute Gasteiger partial charge is 0.339 e. The van der Waals surface area contributed by atoms with Crippen molar-refractivity contribution in [3.63, 3.8) is 0 Å². The van der Waals surface area contributed by atoms with Gasteiger partial charge in [-0.3, -0.25) is 4.79 Å². The minimum Gasteiger partial charge on any atom is -0.339 e. The molecule has 1 aliphatic rings. The Hall–Kier alpha value is -0.870. The van der Waals surface area contributed by atoms with Crippen LogP contribution in [0.4, 0.5) is 0 Å². The Morgan fingerprint density at radius 1 is 1.33 bits per heavy atom. The molecule has 3 nitrogen and oxygen atoms in total. The predicted molar refractivity (Wildman–Crippen MR) is 76.5 cm³/mol. The summed E-state index contributed by atoms with van der Waals surface area (Å²) in [5.41, 5.74) is 6.63. The molecule has 4 heteroatoms. The lowest BCUT2D eigenvalue weighted by Gasteiger charge is -2.33. The van der Waals surface area contributed by atoms with Crippen LogP contribution in [0.15, 0.2) is 28.7 Å². The first kappa shape index (κ1) is 13.6. The van der Waals surface area contributed by atoms with Crippen LogP contribution in [-0.4, -0.2) is 29.9 Å². The van der Waals surface area contributed by atoms with Crippen LogP contribution < -0.4 is 5.73 Å². The van der Waals surface area contributed by atoms with Gasteiger partial charge in [0, 0.05) is 29.2 Å². The van der Waals surface area contributed by atoms with Crippen molar-refractivity contribution in [1.82, 2.24) is 4.90 Å². The van der Waals surface area contributed by atoms with Crippen LogP contribution in [0.25, 0.3) is 0 Å². The van der Waals surface area contributed by atoms with Gasteiger partial charge in [-0.1, -0.05) is 22.0 Å². The van der Waals surface area contributed by atoms with Crippen LogP contribution in [0.2, 0.25) is 0 Å². The number of nitrogens with two attached hydrogens (primary N) is 1. The summed E-state index contributed by atoms with van der Waals surface area (Å²) in [6, 6.07) is 8.19. The van der Waals surface area contributed by atoms with E-state index in [1.54, 1.807) is 0 Å². The molecule has 98 valence electrons. The first-order valence-corrected chi connectivity index (χ1v) is 7.15. The summed E-state index contributed by atoms with van der Waals surface area (Å²) < 4.78 is 0.937. The average molecular weight is 311 g/mol. The maximum atomic E-state index is 12.4. The second kappa shape index (κ2) is 5.85. The lowest BCUT2D eigenvalue weighted by atomic mass is 9.90. The number of amides is 1. The third-order valence-corrected chi connectivity index (χ3v) is 4.17. The summed E-state index contributed by atoms with van der Waals surface area (Å²) in [7, 11) is 1.89. The highest BCUT2D eigenvalue weighted by Crippen LogP contribution is 2.23. The van der Waals surface area contributed by atoms with Crippen LogP contribution in [0.3, 0.4) is 0 Å². The quantitative estimate of drug-likeness (QED) is 0.913. The van der Waals surface area contributed by atoms with E-state index in [0.717, 1.165) is 35.7 Å². The highest BCUT2D eigenvalue weighted by Gasteiger charge is 2.25. The molecular weight excluding hydrogens is 292 g/mol. The number of hydrogen-bond acceptors (Lipinski definition) is 2. The molecular formula is C14H19BrN2O. The molecule has 0 aliphatic heterocycles. The number of halogens is 1. The fourth-order valence-electron chi connectivity index (χ4n) is 2.48. The van der Waals surface area contributed by atoms with Crippen LogP contribution >= 0.6 is 15.9 Å². The Labute approximate surface area is 116 Å². The van der Waals surface area contributed by atoms with E-state index in [0.29, 0.717) is 12.1 Å². The molecule has 1 saturated carbocycles. The van der Waals surface area contributed by atoms with Crippen LogP contribution in [0.1, 0.15) is 36.0 Å². The van der Waals surface area contributed by atoms with Crippen molar-refractivity contribution >= 4 is 21.8 Å². The number of nitrogens with zero attached hydrogens (tertiary/aromatic N) is 1. The summed E-state index contributed by atoms with van der Waals surface area (Å²) in [6.07, 6.45) is 4.05. The second-order valence-corrected chi connectivity index (χ2v) is 5.91. The summed E-state index contributed by atoms with van der Waals surface area (Å²) in [4.78, 5) is 14.2. The summed E-state index contributed by atoms with van der Waals surface area (Å²) in [5, 5.41) is 0. The standard InChI is InChI=1S/C14H19BrN2O/c1-17(13-7-5-12(16)6-8-13)14(18)10-3-2-4-11(15)9-10/h2-4,9,12-13H,5-8,16H2,1H3. The van der Waals surface area contributed by atoms with Crippen molar-refractivity contribution in [3.05, 3.63) is 34.3 Å². The third-order valence-electron chi connectivity index (χ3n) is 3.68. The molecule has 1 aliphatic carbocycles. The molecule has 0 aromatic heterocycles. The van der Waals surface area contributed by atoms with Crippen molar-refractivity contribution in [2.24, 2.45) is 5.73 Å². The van der Waals surface area contributed by atoms with Gasteiger partial charge in [-0.15, -0.1) is 0 Å². The Morgan fingerprint density at radius 2 is 2.00 bits per heavy atom. The molecule has 0 bridgehead atoms.